The normalized spacial score (nSPS) is 11.8. The molecule has 2 atom stereocenters. The molecule has 0 radical (unpaired) electrons. The Hall–Kier alpha value is -4.36. The van der Waals surface area contributed by atoms with Crippen molar-refractivity contribution < 1.29 is 52.8 Å². The third-order valence-electron chi connectivity index (χ3n) is 5.56. The first kappa shape index (κ1) is 33.7. The van der Waals surface area contributed by atoms with Crippen LogP contribution in [0.25, 0.3) is 0 Å². The van der Waals surface area contributed by atoms with Gasteiger partial charge in [0.2, 0.25) is 0 Å². The van der Waals surface area contributed by atoms with Crippen LogP contribution in [0.4, 0.5) is 9.59 Å². The second-order valence-electron chi connectivity index (χ2n) is 8.41. The van der Waals surface area contributed by atoms with Crippen molar-refractivity contribution in [2.75, 3.05) is 33.9 Å². The highest BCUT2D eigenvalue weighted by molar-refractivity contribution is 5.89. The van der Waals surface area contributed by atoms with Crippen LogP contribution >= 0.6 is 0 Å². The summed E-state index contributed by atoms with van der Waals surface area (Å²) in [4.78, 5) is 73.7. The molecule has 1 aromatic rings. The maximum absolute atomic E-state index is 13.1. The van der Waals surface area contributed by atoms with Crippen molar-refractivity contribution in [1.29, 1.82) is 0 Å². The summed E-state index contributed by atoms with van der Waals surface area (Å²) in [6.07, 6.45) is -0.509. The highest BCUT2D eigenvalue weighted by Crippen LogP contribution is 2.12. The zero-order valence-electron chi connectivity index (χ0n) is 22.9. The number of carboxylic acid groups (broad SMARTS) is 1. The fourth-order valence-corrected chi connectivity index (χ4v) is 3.50. The Labute approximate surface area is 232 Å². The fourth-order valence-electron chi connectivity index (χ4n) is 3.50. The number of hydrogen-bond donors (Lipinski definition) is 3. The second kappa shape index (κ2) is 18.8. The van der Waals surface area contributed by atoms with Gasteiger partial charge in [-0.15, -0.1) is 0 Å². The topological polar surface area (TPSA) is 187 Å². The molecule has 0 aliphatic rings. The molecule has 3 N–H and O–H groups in total. The Morgan fingerprint density at radius 2 is 1.62 bits per heavy atom. The third-order valence-corrected chi connectivity index (χ3v) is 5.56. The molecule has 40 heavy (non-hydrogen) atoms. The minimum atomic E-state index is -1.46. The van der Waals surface area contributed by atoms with Crippen molar-refractivity contribution in [3.8, 4) is 0 Å². The van der Waals surface area contributed by atoms with E-state index in [2.05, 4.69) is 20.1 Å². The van der Waals surface area contributed by atoms with E-state index in [-0.39, 0.29) is 45.4 Å². The minimum absolute atomic E-state index is 0.00197. The van der Waals surface area contributed by atoms with E-state index in [1.807, 2.05) is 30.3 Å². The van der Waals surface area contributed by atoms with Crippen LogP contribution in [0.5, 0.6) is 0 Å². The molecule has 0 aliphatic carbocycles. The number of nitrogens with one attached hydrogen (secondary N) is 2. The smallest absolute Gasteiger partial charge is 0.407 e. The first-order valence-electron chi connectivity index (χ1n) is 12.7. The van der Waals surface area contributed by atoms with Crippen LogP contribution in [-0.2, 0) is 44.7 Å². The number of carbonyl (C=O) groups excluding carboxylic acids is 5. The van der Waals surface area contributed by atoms with Gasteiger partial charge in [0.25, 0.3) is 0 Å². The number of alkyl carbamates (subject to hydrolysis) is 1. The molecule has 0 bridgehead atoms. The molecule has 1 rings (SSSR count). The van der Waals surface area contributed by atoms with Crippen molar-refractivity contribution in [3.05, 3.63) is 35.9 Å². The summed E-state index contributed by atoms with van der Waals surface area (Å²) >= 11 is 0. The van der Waals surface area contributed by atoms with E-state index in [0.29, 0.717) is 6.42 Å². The largest absolute Gasteiger partial charge is 0.480 e. The molecule has 3 amide bonds. The lowest BCUT2D eigenvalue weighted by atomic mass is 10.1. The molecule has 14 heteroatoms. The van der Waals surface area contributed by atoms with Crippen LogP contribution in [0.3, 0.4) is 0 Å². The number of unbranched alkanes of at least 4 members (excludes halogenated alkanes) is 1. The van der Waals surface area contributed by atoms with Crippen LogP contribution in [-0.4, -0.2) is 92.0 Å². The number of methoxy groups -OCH3 is 2. The van der Waals surface area contributed by atoms with Gasteiger partial charge >= 0.3 is 36.0 Å². The average molecular weight is 568 g/mol. The third kappa shape index (κ3) is 12.9. The zero-order chi connectivity index (χ0) is 29.9. The van der Waals surface area contributed by atoms with E-state index in [4.69, 9.17) is 9.47 Å². The summed E-state index contributed by atoms with van der Waals surface area (Å²) in [6, 6.07) is 5.29. The van der Waals surface area contributed by atoms with Crippen LogP contribution in [0.1, 0.15) is 44.6 Å². The van der Waals surface area contributed by atoms with Crippen molar-refractivity contribution >= 4 is 36.0 Å². The number of hydrogen-bond acceptors (Lipinski definition) is 10. The van der Waals surface area contributed by atoms with Crippen molar-refractivity contribution in [2.45, 2.75) is 57.7 Å². The summed E-state index contributed by atoms with van der Waals surface area (Å²) in [6.45, 7) is 1.13. The van der Waals surface area contributed by atoms with Crippen molar-refractivity contribution in [2.24, 2.45) is 0 Å². The summed E-state index contributed by atoms with van der Waals surface area (Å²) in [5, 5.41) is 14.7. The quantitative estimate of drug-likeness (QED) is 0.141. The fraction of sp³-hybridized carbons (Fsp3) is 0.538. The van der Waals surface area contributed by atoms with Gasteiger partial charge < -0.3 is 34.7 Å². The van der Waals surface area contributed by atoms with Gasteiger partial charge in [-0.1, -0.05) is 30.3 Å². The molecule has 0 fully saturated rings. The highest BCUT2D eigenvalue weighted by Gasteiger charge is 2.34. The molecule has 0 aliphatic heterocycles. The Morgan fingerprint density at radius 3 is 2.23 bits per heavy atom. The van der Waals surface area contributed by atoms with Gasteiger partial charge in [-0.2, -0.15) is 0 Å². The number of nitrogens with zero attached hydrogens (tertiary/aromatic N) is 1. The number of carbonyl (C=O) groups is 6. The maximum atomic E-state index is 13.1. The number of amides is 3. The van der Waals surface area contributed by atoms with Crippen LogP contribution in [0.15, 0.2) is 30.3 Å². The van der Waals surface area contributed by atoms with Gasteiger partial charge in [-0.25, -0.2) is 19.2 Å². The molecule has 0 heterocycles. The predicted molar refractivity (Wildman–Crippen MR) is 139 cm³/mol. The van der Waals surface area contributed by atoms with Gasteiger partial charge in [-0.3, -0.25) is 14.5 Å². The first-order chi connectivity index (χ1) is 19.1. The molecule has 0 aromatic heterocycles. The Bertz CT molecular complexity index is 987. The van der Waals surface area contributed by atoms with Crippen molar-refractivity contribution in [3.63, 3.8) is 0 Å². The zero-order valence-corrected chi connectivity index (χ0v) is 22.9. The van der Waals surface area contributed by atoms with Gasteiger partial charge in [0.15, 0.2) is 0 Å². The molecule has 0 saturated heterocycles. The maximum Gasteiger partial charge on any atom is 0.407 e. The van der Waals surface area contributed by atoms with Crippen LogP contribution < -0.4 is 10.6 Å². The summed E-state index contributed by atoms with van der Waals surface area (Å²) < 4.78 is 19.2. The Kier molecular flexibility index (Phi) is 15.8. The summed E-state index contributed by atoms with van der Waals surface area (Å²) in [5.74, 6) is -3.74. The number of benzene rings is 1. The van der Waals surface area contributed by atoms with Gasteiger partial charge in [-0.05, 0) is 38.2 Å². The number of rotatable bonds is 17. The number of urea groups is 1. The monoisotopic (exact) mass is 567 g/mol. The van der Waals surface area contributed by atoms with Crippen LogP contribution in [0.2, 0.25) is 0 Å². The number of ether oxygens (including phenoxy) is 4. The lowest BCUT2D eigenvalue weighted by Gasteiger charge is -2.30. The predicted octanol–water partition coefficient (Wildman–Crippen LogP) is 1.61. The minimum Gasteiger partial charge on any atom is -0.480 e. The van der Waals surface area contributed by atoms with Crippen LogP contribution in [0, 0.1) is 0 Å². The van der Waals surface area contributed by atoms with Gasteiger partial charge in [0.1, 0.15) is 25.2 Å². The van der Waals surface area contributed by atoms with E-state index in [1.54, 1.807) is 6.92 Å². The summed E-state index contributed by atoms with van der Waals surface area (Å²) in [5.41, 5.74) is 0.821. The molecule has 0 spiro atoms. The number of carboxylic acids is 1. The SMILES string of the molecule is CCOC(=O)CN(C(=O)N[C@@H](CCC(=O)OC)C(=O)OC)[C@H](CCCCNC(=O)OCc1ccccc1)C(=O)O. The van der Waals surface area contributed by atoms with Gasteiger partial charge in [0, 0.05) is 13.0 Å². The second-order valence-corrected chi connectivity index (χ2v) is 8.41. The summed E-state index contributed by atoms with van der Waals surface area (Å²) in [7, 11) is 2.25. The van der Waals surface area contributed by atoms with E-state index in [1.165, 1.54) is 0 Å². The molecule has 222 valence electrons. The Balaban J connectivity index is 2.79. The lowest BCUT2D eigenvalue weighted by molar-refractivity contribution is -0.147. The standard InChI is InChI=1S/C26H37N3O11/c1-4-39-22(31)16-29(25(35)28-19(24(34)38-3)13-14-21(30)37-2)20(23(32)33)12-8-9-15-27-26(36)40-17-18-10-6-5-7-11-18/h5-7,10-11,19-20H,4,8-9,12-17H2,1-3H3,(H,27,36)(H,28,35)(H,32,33)/t19-,20+/m0/s1. The van der Waals surface area contributed by atoms with E-state index in [9.17, 15) is 33.9 Å². The number of esters is 3. The molecule has 1 aromatic carbocycles. The van der Waals surface area contributed by atoms with Crippen molar-refractivity contribution in [1.82, 2.24) is 15.5 Å². The van der Waals surface area contributed by atoms with E-state index < -0.39 is 54.6 Å². The lowest BCUT2D eigenvalue weighted by Crippen LogP contribution is -2.55. The molecular weight excluding hydrogens is 530 g/mol. The molecule has 14 nitrogen and oxygen atoms in total. The first-order valence-corrected chi connectivity index (χ1v) is 12.7. The van der Waals surface area contributed by atoms with E-state index in [0.717, 1.165) is 24.7 Å². The Morgan fingerprint density at radius 1 is 0.925 bits per heavy atom. The highest BCUT2D eigenvalue weighted by atomic mass is 16.5. The molecule has 0 unspecified atom stereocenters. The number of aliphatic carboxylic acids is 1. The molecular formula is C26H37N3O11. The molecule has 0 saturated carbocycles. The van der Waals surface area contributed by atoms with E-state index >= 15 is 0 Å². The average Bonchev–Trinajstić information content (AvgIpc) is 2.94. The van der Waals surface area contributed by atoms with Gasteiger partial charge in [0.05, 0.1) is 20.8 Å².